The van der Waals surface area contributed by atoms with Crippen LogP contribution in [0.3, 0.4) is 0 Å². The van der Waals surface area contributed by atoms with E-state index in [0.717, 1.165) is 25.2 Å². The first kappa shape index (κ1) is 9.76. The van der Waals surface area contributed by atoms with E-state index >= 15 is 0 Å². The van der Waals surface area contributed by atoms with E-state index < -0.39 is 0 Å². The molecule has 70 valence electrons. The first-order valence-electron chi connectivity index (χ1n) is 4.94. The van der Waals surface area contributed by atoms with Crippen molar-refractivity contribution >= 4 is 5.78 Å². The van der Waals surface area contributed by atoms with E-state index in [1.807, 2.05) is 0 Å². The third kappa shape index (κ3) is 2.09. The molecule has 1 aliphatic carbocycles. The van der Waals surface area contributed by atoms with Crippen LogP contribution in [0.15, 0.2) is 0 Å². The second-order valence-corrected chi connectivity index (χ2v) is 5.20. The second kappa shape index (κ2) is 3.20. The maximum Gasteiger partial charge on any atom is 0.135 e. The van der Waals surface area contributed by atoms with Gasteiger partial charge in [-0.15, -0.1) is 0 Å². The van der Waals surface area contributed by atoms with Crippen molar-refractivity contribution in [3.63, 3.8) is 0 Å². The summed E-state index contributed by atoms with van der Waals surface area (Å²) in [7, 11) is 0. The van der Waals surface area contributed by atoms with Gasteiger partial charge in [0, 0.05) is 12.3 Å². The van der Waals surface area contributed by atoms with Crippen LogP contribution in [-0.2, 0) is 4.79 Å². The van der Waals surface area contributed by atoms with E-state index in [4.69, 9.17) is 0 Å². The average Bonchev–Trinajstić information content (AvgIpc) is 1.92. The Bertz CT molecular complexity index is 176. The molecule has 0 aromatic rings. The second-order valence-electron chi connectivity index (χ2n) is 5.20. The lowest BCUT2D eigenvalue weighted by atomic mass is 9.69. The highest BCUT2D eigenvalue weighted by molar-refractivity contribution is 5.81. The van der Waals surface area contributed by atoms with Gasteiger partial charge < -0.3 is 0 Å². The predicted molar refractivity (Wildman–Crippen MR) is 51.0 cm³/mol. The molecule has 1 heteroatoms. The largest absolute Gasteiger partial charge is 0.299 e. The lowest BCUT2D eigenvalue weighted by Gasteiger charge is -2.35. The third-order valence-corrected chi connectivity index (χ3v) is 3.15. The van der Waals surface area contributed by atoms with Crippen molar-refractivity contribution in [1.82, 2.24) is 0 Å². The number of carbonyl (C=O) groups is 1. The highest BCUT2D eigenvalue weighted by atomic mass is 16.1. The van der Waals surface area contributed by atoms with Crippen molar-refractivity contribution in [2.45, 2.75) is 47.0 Å². The molecule has 0 aliphatic heterocycles. The number of hydrogen-bond donors (Lipinski definition) is 0. The minimum Gasteiger partial charge on any atom is -0.299 e. The summed E-state index contributed by atoms with van der Waals surface area (Å²) in [5.41, 5.74) is 0.384. The molecule has 0 bridgehead atoms. The lowest BCUT2D eigenvalue weighted by Crippen LogP contribution is -2.30. The van der Waals surface area contributed by atoms with E-state index in [0.29, 0.717) is 17.1 Å². The number of carbonyl (C=O) groups excluding carboxylic acids is 1. The molecule has 0 aromatic heterocycles. The van der Waals surface area contributed by atoms with Gasteiger partial charge in [0.1, 0.15) is 5.78 Å². The Morgan fingerprint density at radius 3 is 2.33 bits per heavy atom. The minimum absolute atomic E-state index is 0.308. The Morgan fingerprint density at radius 2 is 1.92 bits per heavy atom. The van der Waals surface area contributed by atoms with Gasteiger partial charge in [-0.25, -0.2) is 0 Å². The Kier molecular flexibility index (Phi) is 2.60. The summed E-state index contributed by atoms with van der Waals surface area (Å²) in [4.78, 5) is 11.3. The number of ketones is 1. The molecule has 0 amide bonds. The zero-order valence-electron chi connectivity index (χ0n) is 8.68. The first-order valence-corrected chi connectivity index (χ1v) is 4.94. The zero-order chi connectivity index (χ0) is 9.35. The fourth-order valence-electron chi connectivity index (χ4n) is 2.03. The number of hydrogen-bond acceptors (Lipinski definition) is 1. The highest BCUT2D eigenvalue weighted by Gasteiger charge is 2.32. The van der Waals surface area contributed by atoms with Crippen LogP contribution in [0.4, 0.5) is 0 Å². The standard InChI is InChI=1S/C11H20O/c1-8-7-9(11(2,3)4)5-6-10(8)12/h8-9H,5-7H2,1-4H3/t8-,9-/m0/s1. The Labute approximate surface area is 75.5 Å². The van der Waals surface area contributed by atoms with Gasteiger partial charge in [-0.1, -0.05) is 27.7 Å². The van der Waals surface area contributed by atoms with Crippen LogP contribution in [0.5, 0.6) is 0 Å². The van der Waals surface area contributed by atoms with Crippen molar-refractivity contribution in [2.75, 3.05) is 0 Å². The fraction of sp³-hybridized carbons (Fsp3) is 0.909. The molecule has 1 nitrogen and oxygen atoms in total. The van der Waals surface area contributed by atoms with Crippen LogP contribution < -0.4 is 0 Å². The summed E-state index contributed by atoms with van der Waals surface area (Å²) in [6.45, 7) is 8.90. The maximum absolute atomic E-state index is 11.3. The molecule has 2 atom stereocenters. The van der Waals surface area contributed by atoms with Crippen LogP contribution in [-0.4, -0.2) is 5.78 Å². The van der Waals surface area contributed by atoms with E-state index in [-0.39, 0.29) is 0 Å². The van der Waals surface area contributed by atoms with E-state index in [2.05, 4.69) is 27.7 Å². The molecular formula is C11H20O. The van der Waals surface area contributed by atoms with E-state index in [9.17, 15) is 4.79 Å². The Hall–Kier alpha value is -0.330. The van der Waals surface area contributed by atoms with Gasteiger partial charge in [0.05, 0.1) is 0 Å². The normalized spacial score (nSPS) is 32.2. The van der Waals surface area contributed by atoms with E-state index in [1.54, 1.807) is 0 Å². The SMILES string of the molecule is C[C@H]1C[C@@H](C(C)(C)C)CCC1=O. The quantitative estimate of drug-likeness (QED) is 0.543. The topological polar surface area (TPSA) is 17.1 Å². The first-order chi connectivity index (χ1) is 5.41. The predicted octanol–water partition coefficient (Wildman–Crippen LogP) is 3.04. The summed E-state index contributed by atoms with van der Waals surface area (Å²) < 4.78 is 0. The molecular weight excluding hydrogens is 148 g/mol. The molecule has 1 aliphatic rings. The van der Waals surface area contributed by atoms with E-state index in [1.165, 1.54) is 0 Å². The van der Waals surface area contributed by atoms with Crippen molar-refractivity contribution in [3.05, 3.63) is 0 Å². The molecule has 0 unspecified atom stereocenters. The van der Waals surface area contributed by atoms with Gasteiger partial charge in [-0.05, 0) is 24.2 Å². The summed E-state index contributed by atoms with van der Waals surface area (Å²) in [5, 5.41) is 0. The molecule has 1 fully saturated rings. The van der Waals surface area contributed by atoms with Gasteiger partial charge in [0.2, 0.25) is 0 Å². The van der Waals surface area contributed by atoms with Crippen LogP contribution in [0, 0.1) is 17.3 Å². The summed E-state index contributed by atoms with van der Waals surface area (Å²) in [5.74, 6) is 1.52. The molecule has 12 heavy (non-hydrogen) atoms. The Balaban J connectivity index is 2.57. The van der Waals surface area contributed by atoms with Crippen LogP contribution in [0.2, 0.25) is 0 Å². The van der Waals surface area contributed by atoms with Gasteiger partial charge in [0.15, 0.2) is 0 Å². The molecule has 0 N–H and O–H groups in total. The minimum atomic E-state index is 0.308. The molecule has 0 spiro atoms. The highest BCUT2D eigenvalue weighted by Crippen LogP contribution is 2.38. The smallest absolute Gasteiger partial charge is 0.135 e. The average molecular weight is 168 g/mol. The fourth-order valence-corrected chi connectivity index (χ4v) is 2.03. The zero-order valence-corrected chi connectivity index (χ0v) is 8.68. The van der Waals surface area contributed by atoms with Gasteiger partial charge >= 0.3 is 0 Å². The molecule has 1 rings (SSSR count). The number of Topliss-reactive ketones (excluding diaryl/α,β-unsaturated/α-hetero) is 1. The lowest BCUT2D eigenvalue weighted by molar-refractivity contribution is -0.125. The molecule has 1 saturated carbocycles. The summed E-state index contributed by atoms with van der Waals surface area (Å²) >= 11 is 0. The monoisotopic (exact) mass is 168 g/mol. The molecule has 0 radical (unpaired) electrons. The van der Waals surface area contributed by atoms with Gasteiger partial charge in [-0.2, -0.15) is 0 Å². The Morgan fingerprint density at radius 1 is 1.33 bits per heavy atom. The van der Waals surface area contributed by atoms with Gasteiger partial charge in [0.25, 0.3) is 0 Å². The van der Waals surface area contributed by atoms with Crippen molar-refractivity contribution in [3.8, 4) is 0 Å². The van der Waals surface area contributed by atoms with Crippen LogP contribution >= 0.6 is 0 Å². The van der Waals surface area contributed by atoms with Crippen LogP contribution in [0.25, 0.3) is 0 Å². The third-order valence-electron chi connectivity index (χ3n) is 3.15. The maximum atomic E-state index is 11.3. The summed E-state index contributed by atoms with van der Waals surface area (Å²) in [6, 6.07) is 0. The molecule has 0 heterocycles. The van der Waals surface area contributed by atoms with Crippen molar-refractivity contribution in [2.24, 2.45) is 17.3 Å². The van der Waals surface area contributed by atoms with Crippen molar-refractivity contribution in [1.29, 1.82) is 0 Å². The molecule has 0 saturated heterocycles. The van der Waals surface area contributed by atoms with Gasteiger partial charge in [-0.3, -0.25) is 4.79 Å². The summed E-state index contributed by atoms with van der Waals surface area (Å²) in [6.07, 6.45) is 3.01. The van der Waals surface area contributed by atoms with Crippen molar-refractivity contribution < 1.29 is 4.79 Å². The number of rotatable bonds is 0. The molecule has 0 aromatic carbocycles. The van der Waals surface area contributed by atoms with Crippen LogP contribution in [0.1, 0.15) is 47.0 Å².